The van der Waals surface area contributed by atoms with Gasteiger partial charge in [0.2, 0.25) is 10.0 Å². The summed E-state index contributed by atoms with van der Waals surface area (Å²) in [5.41, 5.74) is -0.388. The summed E-state index contributed by atoms with van der Waals surface area (Å²) in [6, 6.07) is 3.61. The van der Waals surface area contributed by atoms with Crippen LogP contribution in [0.1, 0.15) is 26.2 Å². The van der Waals surface area contributed by atoms with Gasteiger partial charge in [0.1, 0.15) is 5.02 Å². The molecule has 0 unspecified atom stereocenters. The summed E-state index contributed by atoms with van der Waals surface area (Å²) in [5.74, 6) is 0.411. The molecule has 0 amide bonds. The van der Waals surface area contributed by atoms with Gasteiger partial charge in [-0.3, -0.25) is 10.1 Å². The summed E-state index contributed by atoms with van der Waals surface area (Å²) in [4.78, 5) is 10.1. The topological polar surface area (TPSA) is 80.5 Å². The van der Waals surface area contributed by atoms with Crippen LogP contribution in [0.5, 0.6) is 0 Å². The van der Waals surface area contributed by atoms with E-state index in [1.165, 1.54) is 16.4 Å². The molecular weight excluding hydrogens is 316 g/mol. The standard InChI is InChI=1S/C13H17ClN2O4S/c1-2-7-15(9-10-3-4-10)21(19,20)11-5-6-12(14)13(8-11)16(17)18/h5-6,8,10H,2-4,7,9H2,1H3. The average molecular weight is 333 g/mol. The van der Waals surface area contributed by atoms with Gasteiger partial charge in [0, 0.05) is 19.2 Å². The van der Waals surface area contributed by atoms with Crippen LogP contribution >= 0.6 is 11.6 Å². The van der Waals surface area contributed by atoms with E-state index < -0.39 is 14.9 Å². The molecule has 0 N–H and O–H groups in total. The van der Waals surface area contributed by atoms with Gasteiger partial charge < -0.3 is 0 Å². The molecule has 0 heterocycles. The quantitative estimate of drug-likeness (QED) is 0.567. The number of benzene rings is 1. The highest BCUT2D eigenvalue weighted by Gasteiger charge is 2.32. The van der Waals surface area contributed by atoms with Crippen molar-refractivity contribution in [2.24, 2.45) is 5.92 Å². The summed E-state index contributed by atoms with van der Waals surface area (Å²) in [7, 11) is -3.72. The predicted molar refractivity (Wildman–Crippen MR) is 79.9 cm³/mol. The third kappa shape index (κ3) is 3.72. The normalized spacial score (nSPS) is 15.4. The summed E-state index contributed by atoms with van der Waals surface area (Å²) in [5, 5.41) is 10.8. The molecule has 116 valence electrons. The Morgan fingerprint density at radius 1 is 1.43 bits per heavy atom. The molecular formula is C13H17ClN2O4S. The van der Waals surface area contributed by atoms with E-state index in [1.807, 2.05) is 6.92 Å². The minimum atomic E-state index is -3.72. The minimum absolute atomic E-state index is 0.0665. The van der Waals surface area contributed by atoms with Crippen molar-refractivity contribution < 1.29 is 13.3 Å². The molecule has 21 heavy (non-hydrogen) atoms. The van der Waals surface area contributed by atoms with E-state index >= 15 is 0 Å². The van der Waals surface area contributed by atoms with E-state index in [9.17, 15) is 18.5 Å². The second-order valence-electron chi connectivity index (χ2n) is 5.18. The molecule has 1 fully saturated rings. The van der Waals surface area contributed by atoms with Gasteiger partial charge in [0.25, 0.3) is 5.69 Å². The van der Waals surface area contributed by atoms with Gasteiger partial charge in [-0.2, -0.15) is 4.31 Å². The first kappa shape index (κ1) is 16.2. The van der Waals surface area contributed by atoms with Crippen molar-refractivity contribution in [3.8, 4) is 0 Å². The van der Waals surface area contributed by atoms with Crippen LogP contribution in [0.25, 0.3) is 0 Å². The first-order valence-electron chi connectivity index (χ1n) is 6.80. The van der Waals surface area contributed by atoms with Crippen molar-refractivity contribution in [3.63, 3.8) is 0 Å². The smallest absolute Gasteiger partial charge is 0.258 e. The van der Waals surface area contributed by atoms with E-state index in [4.69, 9.17) is 11.6 Å². The maximum Gasteiger partial charge on any atom is 0.289 e. The molecule has 0 atom stereocenters. The molecule has 2 rings (SSSR count). The van der Waals surface area contributed by atoms with Gasteiger partial charge in [0.05, 0.1) is 9.82 Å². The van der Waals surface area contributed by atoms with E-state index in [0.29, 0.717) is 25.4 Å². The Kier molecular flexibility index (Phi) is 4.85. The predicted octanol–water partition coefficient (Wildman–Crippen LogP) is 3.06. The molecule has 8 heteroatoms. The van der Waals surface area contributed by atoms with E-state index in [2.05, 4.69) is 0 Å². The molecule has 0 aromatic heterocycles. The number of rotatable bonds is 7. The van der Waals surface area contributed by atoms with Crippen LogP contribution in [0, 0.1) is 16.0 Å². The molecule has 1 aliphatic rings. The van der Waals surface area contributed by atoms with Crippen LogP contribution < -0.4 is 0 Å². The third-order valence-corrected chi connectivity index (χ3v) is 5.56. The number of sulfonamides is 1. The number of nitrogens with zero attached hydrogens (tertiary/aromatic N) is 2. The van der Waals surface area contributed by atoms with Crippen molar-refractivity contribution in [1.82, 2.24) is 4.31 Å². The Morgan fingerprint density at radius 2 is 2.10 bits per heavy atom. The lowest BCUT2D eigenvalue weighted by atomic mass is 10.3. The molecule has 1 aliphatic carbocycles. The number of nitro benzene ring substituents is 1. The molecule has 0 aliphatic heterocycles. The lowest BCUT2D eigenvalue weighted by Crippen LogP contribution is -2.33. The van der Waals surface area contributed by atoms with Crippen LogP contribution in [0.4, 0.5) is 5.69 Å². The fourth-order valence-corrected chi connectivity index (χ4v) is 3.90. The maximum absolute atomic E-state index is 12.6. The minimum Gasteiger partial charge on any atom is -0.258 e. The Bertz CT molecular complexity index is 644. The Hall–Kier alpha value is -1.18. The molecule has 1 saturated carbocycles. The lowest BCUT2D eigenvalue weighted by Gasteiger charge is -2.21. The second kappa shape index (κ2) is 6.29. The average Bonchev–Trinajstić information content (AvgIpc) is 3.22. The van der Waals surface area contributed by atoms with Gasteiger partial charge >= 0.3 is 0 Å². The Labute approximate surface area is 128 Å². The summed E-state index contributed by atoms with van der Waals surface area (Å²) < 4.78 is 26.7. The van der Waals surface area contributed by atoms with Crippen LogP contribution in [-0.4, -0.2) is 30.7 Å². The molecule has 6 nitrogen and oxygen atoms in total. The number of hydrogen-bond acceptors (Lipinski definition) is 4. The fourth-order valence-electron chi connectivity index (χ4n) is 2.09. The summed E-state index contributed by atoms with van der Waals surface area (Å²) in [6.07, 6.45) is 2.77. The number of hydrogen-bond donors (Lipinski definition) is 0. The molecule has 0 spiro atoms. The van der Waals surface area contributed by atoms with Gasteiger partial charge in [-0.15, -0.1) is 0 Å². The number of halogens is 1. The summed E-state index contributed by atoms with van der Waals surface area (Å²) >= 11 is 5.73. The zero-order valence-electron chi connectivity index (χ0n) is 11.7. The highest BCUT2D eigenvalue weighted by Crippen LogP contribution is 2.33. The van der Waals surface area contributed by atoms with E-state index in [-0.39, 0.29) is 15.6 Å². The van der Waals surface area contributed by atoms with Crippen molar-refractivity contribution in [3.05, 3.63) is 33.3 Å². The largest absolute Gasteiger partial charge is 0.289 e. The SMILES string of the molecule is CCCN(CC1CC1)S(=O)(=O)c1ccc(Cl)c([N+](=O)[O-])c1. The van der Waals surface area contributed by atoms with Gasteiger partial charge in [-0.1, -0.05) is 18.5 Å². The lowest BCUT2D eigenvalue weighted by molar-refractivity contribution is -0.384. The van der Waals surface area contributed by atoms with Gasteiger partial charge in [-0.05, 0) is 37.3 Å². The van der Waals surface area contributed by atoms with Crippen LogP contribution in [0.15, 0.2) is 23.1 Å². The first-order valence-corrected chi connectivity index (χ1v) is 8.62. The zero-order chi connectivity index (χ0) is 15.6. The fraction of sp³-hybridized carbons (Fsp3) is 0.538. The van der Waals surface area contributed by atoms with Crippen LogP contribution in [0.3, 0.4) is 0 Å². The first-order chi connectivity index (χ1) is 9.86. The van der Waals surface area contributed by atoms with Crippen LogP contribution in [-0.2, 0) is 10.0 Å². The second-order valence-corrected chi connectivity index (χ2v) is 7.52. The van der Waals surface area contributed by atoms with Gasteiger partial charge in [-0.25, -0.2) is 8.42 Å². The van der Waals surface area contributed by atoms with Gasteiger partial charge in [0.15, 0.2) is 0 Å². The molecule has 0 saturated heterocycles. The highest BCUT2D eigenvalue weighted by molar-refractivity contribution is 7.89. The number of nitro groups is 1. The maximum atomic E-state index is 12.6. The van der Waals surface area contributed by atoms with Crippen molar-refractivity contribution >= 4 is 27.3 Å². The van der Waals surface area contributed by atoms with Crippen molar-refractivity contribution in [2.75, 3.05) is 13.1 Å². The van der Waals surface area contributed by atoms with Crippen molar-refractivity contribution in [2.45, 2.75) is 31.1 Å². The Balaban J connectivity index is 2.36. The molecule has 0 radical (unpaired) electrons. The van der Waals surface area contributed by atoms with Crippen LogP contribution in [0.2, 0.25) is 5.02 Å². The highest BCUT2D eigenvalue weighted by atomic mass is 35.5. The molecule has 1 aromatic carbocycles. The van der Waals surface area contributed by atoms with E-state index in [1.54, 1.807) is 0 Å². The molecule has 1 aromatic rings. The third-order valence-electron chi connectivity index (χ3n) is 3.38. The Morgan fingerprint density at radius 3 is 2.62 bits per heavy atom. The summed E-state index contributed by atoms with van der Waals surface area (Å²) in [6.45, 7) is 2.79. The van der Waals surface area contributed by atoms with Crippen molar-refractivity contribution in [1.29, 1.82) is 0 Å². The zero-order valence-corrected chi connectivity index (χ0v) is 13.2. The molecule has 0 bridgehead atoms. The van der Waals surface area contributed by atoms with E-state index in [0.717, 1.165) is 18.9 Å². The monoisotopic (exact) mass is 332 g/mol.